The highest BCUT2D eigenvalue weighted by atomic mass is 16.5. The van der Waals surface area contributed by atoms with Gasteiger partial charge in [0.15, 0.2) is 0 Å². The minimum absolute atomic E-state index is 0.0242. The molecule has 27 heavy (non-hydrogen) atoms. The largest absolute Gasteiger partial charge is 0.464 e. The third kappa shape index (κ3) is 3.33. The van der Waals surface area contributed by atoms with Crippen LogP contribution in [-0.2, 0) is 36.0 Å². The number of esters is 2. The Hall–Kier alpha value is -3.42. The molecule has 1 atom stereocenters. The van der Waals surface area contributed by atoms with Crippen LogP contribution in [0.3, 0.4) is 0 Å². The van der Waals surface area contributed by atoms with Crippen molar-refractivity contribution in [3.05, 3.63) is 59.9 Å². The highest BCUT2D eigenvalue weighted by molar-refractivity contribution is 6.18. The first-order chi connectivity index (χ1) is 13.0. The smallest absolute Gasteiger partial charge is 0.355 e. The van der Waals surface area contributed by atoms with Gasteiger partial charge in [-0.2, -0.15) is 0 Å². The molecule has 3 rings (SSSR count). The zero-order valence-electron chi connectivity index (χ0n) is 14.6. The standard InChI is InChI=1S/C19H18N2O6/c1-2-26-18(25)19(11-15(22)20-17(19)24)21-10-6-9-14(21)16(23)27-12-13-7-4-3-5-8-13/h3-10H,2,11-12H2,1H3,(H,20,22,24). The van der Waals surface area contributed by atoms with E-state index in [2.05, 4.69) is 5.32 Å². The first-order valence-electron chi connectivity index (χ1n) is 8.39. The van der Waals surface area contributed by atoms with Crippen LogP contribution in [0.15, 0.2) is 48.7 Å². The zero-order chi connectivity index (χ0) is 19.4. The second-order valence-electron chi connectivity index (χ2n) is 5.96. The van der Waals surface area contributed by atoms with E-state index in [-0.39, 0.29) is 18.9 Å². The average molecular weight is 370 g/mol. The molecule has 1 fully saturated rings. The molecule has 1 aliphatic rings. The molecule has 140 valence electrons. The molecule has 2 aromatic rings. The minimum Gasteiger partial charge on any atom is -0.464 e. The first-order valence-corrected chi connectivity index (χ1v) is 8.39. The van der Waals surface area contributed by atoms with E-state index < -0.39 is 35.7 Å². The highest BCUT2D eigenvalue weighted by Crippen LogP contribution is 2.30. The van der Waals surface area contributed by atoms with Gasteiger partial charge in [0, 0.05) is 6.20 Å². The van der Waals surface area contributed by atoms with Gasteiger partial charge in [0.1, 0.15) is 12.3 Å². The summed E-state index contributed by atoms with van der Waals surface area (Å²) in [6, 6.07) is 12.0. The Morgan fingerprint density at radius 2 is 1.85 bits per heavy atom. The van der Waals surface area contributed by atoms with Crippen LogP contribution in [0.25, 0.3) is 0 Å². The van der Waals surface area contributed by atoms with Gasteiger partial charge in [-0.05, 0) is 24.6 Å². The third-order valence-corrected chi connectivity index (χ3v) is 4.24. The van der Waals surface area contributed by atoms with Gasteiger partial charge in [-0.25, -0.2) is 9.59 Å². The lowest BCUT2D eigenvalue weighted by Gasteiger charge is -2.26. The maximum atomic E-state index is 12.6. The van der Waals surface area contributed by atoms with Crippen molar-refractivity contribution < 1.29 is 28.7 Å². The van der Waals surface area contributed by atoms with Crippen molar-refractivity contribution in [1.82, 2.24) is 9.88 Å². The van der Waals surface area contributed by atoms with E-state index in [4.69, 9.17) is 9.47 Å². The monoisotopic (exact) mass is 370 g/mol. The molecule has 1 N–H and O–H groups in total. The molecule has 0 radical (unpaired) electrons. The second kappa shape index (κ2) is 7.45. The van der Waals surface area contributed by atoms with E-state index in [1.165, 1.54) is 18.3 Å². The van der Waals surface area contributed by atoms with Gasteiger partial charge in [-0.15, -0.1) is 0 Å². The van der Waals surface area contributed by atoms with Crippen LogP contribution >= 0.6 is 0 Å². The summed E-state index contributed by atoms with van der Waals surface area (Å²) in [5.41, 5.74) is -1.20. The molecule has 1 aliphatic heterocycles. The van der Waals surface area contributed by atoms with Gasteiger partial charge < -0.3 is 14.0 Å². The number of carbonyl (C=O) groups excluding carboxylic acids is 4. The average Bonchev–Trinajstić information content (AvgIpc) is 3.25. The lowest BCUT2D eigenvalue weighted by atomic mass is 9.96. The highest BCUT2D eigenvalue weighted by Gasteiger charge is 2.56. The number of amides is 2. The Morgan fingerprint density at radius 1 is 1.11 bits per heavy atom. The normalized spacial score (nSPS) is 18.9. The van der Waals surface area contributed by atoms with Crippen molar-refractivity contribution in [2.24, 2.45) is 0 Å². The van der Waals surface area contributed by atoms with Crippen molar-refractivity contribution in [3.63, 3.8) is 0 Å². The Kier molecular flexibility index (Phi) is 5.07. The van der Waals surface area contributed by atoms with E-state index in [9.17, 15) is 19.2 Å². The number of hydrogen-bond donors (Lipinski definition) is 1. The number of nitrogens with one attached hydrogen (secondary N) is 1. The van der Waals surface area contributed by atoms with Crippen molar-refractivity contribution in [2.75, 3.05) is 6.61 Å². The maximum Gasteiger partial charge on any atom is 0.355 e. The molecule has 1 unspecified atom stereocenters. The van der Waals surface area contributed by atoms with Crippen LogP contribution in [-0.4, -0.2) is 34.9 Å². The summed E-state index contributed by atoms with van der Waals surface area (Å²) in [4.78, 5) is 49.4. The van der Waals surface area contributed by atoms with Crippen molar-refractivity contribution >= 4 is 23.8 Å². The molecule has 0 bridgehead atoms. The van der Waals surface area contributed by atoms with Gasteiger partial charge >= 0.3 is 11.9 Å². The maximum absolute atomic E-state index is 12.6. The molecule has 2 amide bonds. The lowest BCUT2D eigenvalue weighted by Crippen LogP contribution is -2.50. The molecular weight excluding hydrogens is 352 g/mol. The lowest BCUT2D eigenvalue weighted by molar-refractivity contribution is -0.157. The van der Waals surface area contributed by atoms with Gasteiger partial charge in [0.25, 0.3) is 5.91 Å². The van der Waals surface area contributed by atoms with Crippen LogP contribution < -0.4 is 5.32 Å². The molecule has 1 saturated heterocycles. The van der Waals surface area contributed by atoms with Gasteiger partial charge in [0.2, 0.25) is 11.4 Å². The Morgan fingerprint density at radius 3 is 2.48 bits per heavy atom. The number of imide groups is 1. The predicted molar refractivity (Wildman–Crippen MR) is 92.4 cm³/mol. The SMILES string of the molecule is CCOC(=O)C1(n2cccc2C(=O)OCc2ccccc2)CC(=O)NC1=O. The number of aromatic nitrogens is 1. The molecule has 1 aromatic heterocycles. The van der Waals surface area contributed by atoms with E-state index in [1.54, 1.807) is 19.1 Å². The fourth-order valence-electron chi connectivity index (χ4n) is 2.97. The minimum atomic E-state index is -1.96. The summed E-state index contributed by atoms with van der Waals surface area (Å²) in [6.07, 6.45) is 0.937. The van der Waals surface area contributed by atoms with E-state index >= 15 is 0 Å². The summed E-state index contributed by atoms with van der Waals surface area (Å²) >= 11 is 0. The van der Waals surface area contributed by atoms with Crippen LogP contribution in [0.2, 0.25) is 0 Å². The molecule has 8 nitrogen and oxygen atoms in total. The van der Waals surface area contributed by atoms with E-state index in [0.717, 1.165) is 10.1 Å². The first kappa shape index (κ1) is 18.4. The van der Waals surface area contributed by atoms with Crippen molar-refractivity contribution in [3.8, 4) is 0 Å². The summed E-state index contributed by atoms with van der Waals surface area (Å²) in [7, 11) is 0. The number of nitrogens with zero attached hydrogens (tertiary/aromatic N) is 1. The quantitative estimate of drug-likeness (QED) is 0.465. The van der Waals surface area contributed by atoms with Gasteiger partial charge in [0.05, 0.1) is 13.0 Å². The number of ether oxygens (including phenoxy) is 2. The summed E-state index contributed by atoms with van der Waals surface area (Å²) < 4.78 is 11.5. The van der Waals surface area contributed by atoms with Crippen molar-refractivity contribution in [1.29, 1.82) is 0 Å². The molecule has 0 saturated carbocycles. The fraction of sp³-hybridized carbons (Fsp3) is 0.263. The molecular formula is C19H18N2O6. The fourth-order valence-corrected chi connectivity index (χ4v) is 2.97. The van der Waals surface area contributed by atoms with Gasteiger partial charge in [-0.3, -0.25) is 14.9 Å². The van der Waals surface area contributed by atoms with Crippen LogP contribution in [0.5, 0.6) is 0 Å². The molecule has 0 aliphatic carbocycles. The third-order valence-electron chi connectivity index (χ3n) is 4.24. The summed E-state index contributed by atoms with van der Waals surface area (Å²) in [5.74, 6) is -3.08. The van der Waals surface area contributed by atoms with E-state index in [0.29, 0.717) is 0 Å². The van der Waals surface area contributed by atoms with Gasteiger partial charge in [-0.1, -0.05) is 30.3 Å². The van der Waals surface area contributed by atoms with Crippen LogP contribution in [0.1, 0.15) is 29.4 Å². The number of benzene rings is 1. The Bertz CT molecular complexity index is 889. The summed E-state index contributed by atoms with van der Waals surface area (Å²) in [5, 5.41) is 2.11. The zero-order valence-corrected chi connectivity index (χ0v) is 14.6. The van der Waals surface area contributed by atoms with Crippen molar-refractivity contribution in [2.45, 2.75) is 25.5 Å². The molecule has 8 heteroatoms. The Balaban J connectivity index is 1.91. The molecule has 0 spiro atoms. The molecule has 1 aromatic carbocycles. The predicted octanol–water partition coefficient (Wildman–Crippen LogP) is 1.15. The number of hydrogen-bond acceptors (Lipinski definition) is 6. The topological polar surface area (TPSA) is 104 Å². The van der Waals surface area contributed by atoms with Crippen LogP contribution in [0, 0.1) is 0 Å². The number of carbonyl (C=O) groups is 4. The molecule has 2 heterocycles. The second-order valence-corrected chi connectivity index (χ2v) is 5.96. The Labute approximate surface area is 155 Å². The van der Waals surface area contributed by atoms with E-state index in [1.807, 2.05) is 18.2 Å². The van der Waals surface area contributed by atoms with Crippen LogP contribution in [0.4, 0.5) is 0 Å². The summed E-state index contributed by atoms with van der Waals surface area (Å²) in [6.45, 7) is 1.64. The number of rotatable bonds is 6.